The van der Waals surface area contributed by atoms with Crippen LogP contribution in [0.3, 0.4) is 0 Å². The quantitative estimate of drug-likeness (QED) is 0.808. The van der Waals surface area contributed by atoms with Crippen LogP contribution in [0.1, 0.15) is 23.0 Å². The smallest absolute Gasteiger partial charge is 0.0690 e. The number of benzene rings is 2. The van der Waals surface area contributed by atoms with Crippen molar-refractivity contribution in [3.05, 3.63) is 71.8 Å². The molecule has 16 heavy (non-hydrogen) atoms. The molecule has 1 aliphatic carbocycles. The van der Waals surface area contributed by atoms with Crippen molar-refractivity contribution < 1.29 is 5.11 Å². The van der Waals surface area contributed by atoms with E-state index in [0.717, 1.165) is 0 Å². The summed E-state index contributed by atoms with van der Waals surface area (Å²) in [6, 6.07) is 20.5. The molecule has 0 bridgehead atoms. The highest BCUT2D eigenvalue weighted by molar-refractivity contribution is 5.39. The van der Waals surface area contributed by atoms with Crippen molar-refractivity contribution in [2.75, 3.05) is 0 Å². The Morgan fingerprint density at radius 2 is 1.00 bits per heavy atom. The fourth-order valence-corrected chi connectivity index (χ4v) is 2.45. The molecule has 2 aromatic rings. The Kier molecular flexibility index (Phi) is 2.26. The summed E-state index contributed by atoms with van der Waals surface area (Å²) in [4.78, 5) is 0. The van der Waals surface area contributed by atoms with Crippen LogP contribution in [0, 0.1) is 0 Å². The zero-order valence-corrected chi connectivity index (χ0v) is 8.95. The Balaban J connectivity index is 1.87. The highest BCUT2D eigenvalue weighted by Crippen LogP contribution is 2.54. The van der Waals surface area contributed by atoms with Crippen LogP contribution >= 0.6 is 0 Å². The highest BCUT2D eigenvalue weighted by Gasteiger charge is 2.50. The third-order valence-electron chi connectivity index (χ3n) is 3.35. The van der Waals surface area contributed by atoms with Gasteiger partial charge < -0.3 is 5.11 Å². The fraction of sp³-hybridized carbons (Fsp3) is 0.200. The summed E-state index contributed by atoms with van der Waals surface area (Å²) in [6.07, 6.45) is -0.218. The van der Waals surface area contributed by atoms with Gasteiger partial charge in [-0.05, 0) is 11.1 Å². The minimum absolute atomic E-state index is 0.218. The van der Waals surface area contributed by atoms with Gasteiger partial charge in [0.05, 0.1) is 6.10 Å². The van der Waals surface area contributed by atoms with Crippen molar-refractivity contribution in [3.63, 3.8) is 0 Å². The van der Waals surface area contributed by atoms with Crippen LogP contribution in [0.15, 0.2) is 60.7 Å². The molecule has 1 heteroatoms. The van der Waals surface area contributed by atoms with Crippen molar-refractivity contribution in [1.29, 1.82) is 0 Å². The molecule has 0 heterocycles. The topological polar surface area (TPSA) is 20.2 Å². The molecule has 0 amide bonds. The van der Waals surface area contributed by atoms with E-state index in [2.05, 4.69) is 24.3 Å². The van der Waals surface area contributed by atoms with Gasteiger partial charge in [-0.1, -0.05) is 60.7 Å². The number of aliphatic hydroxyl groups excluding tert-OH is 1. The molecule has 1 nitrogen and oxygen atoms in total. The average Bonchev–Trinajstić information content (AvgIpc) is 3.03. The SMILES string of the molecule is OC1C(c2ccccc2)C1c1ccccc1. The minimum Gasteiger partial charge on any atom is -0.392 e. The van der Waals surface area contributed by atoms with Crippen LogP contribution in [0.4, 0.5) is 0 Å². The zero-order chi connectivity index (χ0) is 11.0. The van der Waals surface area contributed by atoms with E-state index in [1.165, 1.54) is 11.1 Å². The molecule has 0 aliphatic heterocycles. The van der Waals surface area contributed by atoms with E-state index >= 15 is 0 Å². The molecule has 1 saturated carbocycles. The van der Waals surface area contributed by atoms with Gasteiger partial charge in [-0.3, -0.25) is 0 Å². The minimum atomic E-state index is -0.218. The Bertz CT molecular complexity index is 418. The van der Waals surface area contributed by atoms with Crippen molar-refractivity contribution in [2.45, 2.75) is 17.9 Å². The van der Waals surface area contributed by atoms with E-state index in [0.29, 0.717) is 0 Å². The lowest BCUT2D eigenvalue weighted by Gasteiger charge is -1.99. The van der Waals surface area contributed by atoms with Gasteiger partial charge in [0, 0.05) is 11.8 Å². The summed E-state index contributed by atoms with van der Waals surface area (Å²) in [7, 11) is 0. The number of aliphatic hydroxyl groups is 1. The van der Waals surface area contributed by atoms with E-state index in [4.69, 9.17) is 0 Å². The summed E-state index contributed by atoms with van der Waals surface area (Å²) in [5.41, 5.74) is 2.48. The molecular formula is C15H14O. The van der Waals surface area contributed by atoms with Gasteiger partial charge in [0.1, 0.15) is 0 Å². The lowest BCUT2D eigenvalue weighted by molar-refractivity contribution is 0.265. The average molecular weight is 210 g/mol. The first kappa shape index (κ1) is 9.61. The van der Waals surface area contributed by atoms with Gasteiger partial charge in [0.25, 0.3) is 0 Å². The van der Waals surface area contributed by atoms with Crippen molar-refractivity contribution in [2.24, 2.45) is 0 Å². The first-order valence-electron chi connectivity index (χ1n) is 5.66. The van der Waals surface area contributed by atoms with Gasteiger partial charge in [-0.15, -0.1) is 0 Å². The maximum Gasteiger partial charge on any atom is 0.0690 e. The van der Waals surface area contributed by atoms with Gasteiger partial charge in [-0.25, -0.2) is 0 Å². The fourth-order valence-electron chi connectivity index (χ4n) is 2.45. The first-order chi connectivity index (χ1) is 7.88. The zero-order valence-electron chi connectivity index (χ0n) is 8.95. The maximum absolute atomic E-state index is 9.99. The Labute approximate surface area is 95.4 Å². The van der Waals surface area contributed by atoms with Gasteiger partial charge in [0.2, 0.25) is 0 Å². The molecule has 0 saturated heterocycles. The highest BCUT2D eigenvalue weighted by atomic mass is 16.3. The molecular weight excluding hydrogens is 196 g/mol. The molecule has 1 N–H and O–H groups in total. The van der Waals surface area contributed by atoms with E-state index in [9.17, 15) is 5.11 Å². The van der Waals surface area contributed by atoms with Crippen LogP contribution in [0.5, 0.6) is 0 Å². The Morgan fingerprint density at radius 3 is 1.38 bits per heavy atom. The van der Waals surface area contributed by atoms with Crippen molar-refractivity contribution >= 4 is 0 Å². The molecule has 0 radical (unpaired) electrons. The number of rotatable bonds is 2. The van der Waals surface area contributed by atoms with E-state index in [-0.39, 0.29) is 17.9 Å². The molecule has 80 valence electrons. The van der Waals surface area contributed by atoms with Crippen LogP contribution in [-0.4, -0.2) is 11.2 Å². The first-order valence-corrected chi connectivity index (χ1v) is 5.66. The van der Waals surface area contributed by atoms with Gasteiger partial charge >= 0.3 is 0 Å². The van der Waals surface area contributed by atoms with Crippen LogP contribution < -0.4 is 0 Å². The lowest BCUT2D eigenvalue weighted by atomic mass is 10.0. The summed E-state index contributed by atoms with van der Waals surface area (Å²) in [5.74, 6) is 0.562. The van der Waals surface area contributed by atoms with Crippen LogP contribution in [0.25, 0.3) is 0 Å². The van der Waals surface area contributed by atoms with Gasteiger partial charge in [0.15, 0.2) is 0 Å². The third-order valence-corrected chi connectivity index (χ3v) is 3.35. The molecule has 0 spiro atoms. The van der Waals surface area contributed by atoms with Crippen LogP contribution in [-0.2, 0) is 0 Å². The predicted octanol–water partition coefficient (Wildman–Crippen LogP) is 2.93. The Hall–Kier alpha value is -1.60. The normalized spacial score (nSPS) is 27.7. The standard InChI is InChI=1S/C15H14O/c16-15-13(11-7-3-1-4-8-11)14(15)12-9-5-2-6-10-12/h1-10,13-16H. The van der Waals surface area contributed by atoms with Crippen molar-refractivity contribution in [3.8, 4) is 0 Å². The summed E-state index contributed by atoms with van der Waals surface area (Å²) < 4.78 is 0. The van der Waals surface area contributed by atoms with Crippen molar-refractivity contribution in [1.82, 2.24) is 0 Å². The van der Waals surface area contributed by atoms with E-state index in [1.807, 2.05) is 36.4 Å². The van der Waals surface area contributed by atoms with Crippen LogP contribution in [0.2, 0.25) is 0 Å². The molecule has 2 unspecified atom stereocenters. The summed E-state index contributed by atoms with van der Waals surface area (Å²) in [5, 5.41) is 9.99. The maximum atomic E-state index is 9.99. The van der Waals surface area contributed by atoms with E-state index in [1.54, 1.807) is 0 Å². The second-order valence-electron chi connectivity index (χ2n) is 4.36. The monoisotopic (exact) mass is 210 g/mol. The second-order valence-corrected chi connectivity index (χ2v) is 4.36. The Morgan fingerprint density at radius 1 is 0.625 bits per heavy atom. The molecule has 1 fully saturated rings. The lowest BCUT2D eigenvalue weighted by Crippen LogP contribution is -1.84. The van der Waals surface area contributed by atoms with Gasteiger partial charge in [-0.2, -0.15) is 0 Å². The number of hydrogen-bond donors (Lipinski definition) is 1. The summed E-state index contributed by atoms with van der Waals surface area (Å²) >= 11 is 0. The predicted molar refractivity (Wildman–Crippen MR) is 64.4 cm³/mol. The third kappa shape index (κ3) is 1.54. The summed E-state index contributed by atoms with van der Waals surface area (Å²) in [6.45, 7) is 0. The second kappa shape index (κ2) is 3.76. The van der Waals surface area contributed by atoms with E-state index < -0.39 is 0 Å². The molecule has 2 aromatic carbocycles. The molecule has 2 atom stereocenters. The molecule has 3 rings (SSSR count). The largest absolute Gasteiger partial charge is 0.392 e. The molecule has 0 aromatic heterocycles. The number of hydrogen-bond acceptors (Lipinski definition) is 1. The molecule has 1 aliphatic rings.